The molecule has 1 aromatic heterocycles. The van der Waals surface area contributed by atoms with E-state index in [0.29, 0.717) is 13.1 Å². The SMILES string of the molecule is FC(F)(F)c1ccc(CNCc2ccc(I)o2)cc1. The summed E-state index contributed by atoms with van der Waals surface area (Å²) in [5.41, 5.74) is 0.172. The molecule has 102 valence electrons. The van der Waals surface area contributed by atoms with Crippen molar-refractivity contribution in [2.24, 2.45) is 0 Å². The lowest BCUT2D eigenvalue weighted by Crippen LogP contribution is -2.12. The summed E-state index contributed by atoms with van der Waals surface area (Å²) < 4.78 is 43.3. The van der Waals surface area contributed by atoms with E-state index in [0.717, 1.165) is 27.2 Å². The van der Waals surface area contributed by atoms with E-state index in [2.05, 4.69) is 27.9 Å². The Morgan fingerprint density at radius 1 is 1.00 bits per heavy atom. The fourth-order valence-corrected chi connectivity index (χ4v) is 2.05. The van der Waals surface area contributed by atoms with Crippen molar-refractivity contribution < 1.29 is 17.6 Å². The number of nitrogens with one attached hydrogen (secondary N) is 1. The van der Waals surface area contributed by atoms with Gasteiger partial charge in [0, 0.05) is 6.54 Å². The predicted molar refractivity (Wildman–Crippen MR) is 73.4 cm³/mol. The normalized spacial score (nSPS) is 11.8. The molecule has 0 aliphatic rings. The summed E-state index contributed by atoms with van der Waals surface area (Å²) in [5, 5.41) is 3.11. The van der Waals surface area contributed by atoms with Crippen molar-refractivity contribution in [1.82, 2.24) is 5.32 Å². The third kappa shape index (κ3) is 4.24. The van der Waals surface area contributed by atoms with Crippen LogP contribution < -0.4 is 5.32 Å². The van der Waals surface area contributed by atoms with Crippen molar-refractivity contribution in [2.75, 3.05) is 0 Å². The Morgan fingerprint density at radius 2 is 1.68 bits per heavy atom. The second-order valence-electron chi connectivity index (χ2n) is 4.00. The molecule has 1 N–H and O–H groups in total. The van der Waals surface area contributed by atoms with Gasteiger partial charge in [-0.05, 0) is 52.4 Å². The Hall–Kier alpha value is -1.02. The lowest BCUT2D eigenvalue weighted by molar-refractivity contribution is -0.137. The van der Waals surface area contributed by atoms with Crippen LogP contribution in [0.25, 0.3) is 0 Å². The van der Waals surface area contributed by atoms with Gasteiger partial charge in [0.1, 0.15) is 5.76 Å². The summed E-state index contributed by atoms with van der Waals surface area (Å²) in [4.78, 5) is 0. The van der Waals surface area contributed by atoms with Gasteiger partial charge in [0.15, 0.2) is 3.77 Å². The largest absolute Gasteiger partial charge is 0.454 e. The predicted octanol–water partition coefficient (Wildman–Crippen LogP) is 4.19. The van der Waals surface area contributed by atoms with E-state index in [1.54, 1.807) is 0 Å². The zero-order valence-corrected chi connectivity index (χ0v) is 12.0. The van der Waals surface area contributed by atoms with Crippen LogP contribution in [0.2, 0.25) is 0 Å². The maximum atomic E-state index is 12.4. The van der Waals surface area contributed by atoms with Gasteiger partial charge in [-0.3, -0.25) is 0 Å². The number of hydrogen-bond acceptors (Lipinski definition) is 2. The van der Waals surface area contributed by atoms with Crippen molar-refractivity contribution in [3.05, 3.63) is 57.1 Å². The number of rotatable bonds is 4. The highest BCUT2D eigenvalue weighted by atomic mass is 127. The lowest BCUT2D eigenvalue weighted by Gasteiger charge is -2.08. The fraction of sp³-hybridized carbons (Fsp3) is 0.231. The van der Waals surface area contributed by atoms with Crippen LogP contribution in [0.5, 0.6) is 0 Å². The van der Waals surface area contributed by atoms with E-state index in [9.17, 15) is 13.2 Å². The Morgan fingerprint density at radius 3 is 2.21 bits per heavy atom. The molecule has 0 atom stereocenters. The van der Waals surface area contributed by atoms with Crippen molar-refractivity contribution in [3.63, 3.8) is 0 Å². The molecular weight excluding hydrogens is 370 g/mol. The molecule has 2 nitrogen and oxygen atoms in total. The first-order valence-corrected chi connectivity index (χ1v) is 6.64. The van der Waals surface area contributed by atoms with Gasteiger partial charge in [0.05, 0.1) is 12.1 Å². The molecule has 1 aromatic carbocycles. The van der Waals surface area contributed by atoms with Crippen molar-refractivity contribution in [2.45, 2.75) is 19.3 Å². The Balaban J connectivity index is 1.86. The molecule has 0 spiro atoms. The number of hydrogen-bond donors (Lipinski definition) is 1. The third-order valence-electron chi connectivity index (χ3n) is 2.54. The van der Waals surface area contributed by atoms with E-state index in [1.807, 2.05) is 12.1 Å². The van der Waals surface area contributed by atoms with Gasteiger partial charge < -0.3 is 9.73 Å². The molecular formula is C13H11F3INO. The highest BCUT2D eigenvalue weighted by molar-refractivity contribution is 14.1. The average Bonchev–Trinajstić information content (AvgIpc) is 2.75. The van der Waals surface area contributed by atoms with Crippen LogP contribution in [0.3, 0.4) is 0 Å². The van der Waals surface area contributed by atoms with Gasteiger partial charge in [-0.2, -0.15) is 13.2 Å². The van der Waals surface area contributed by atoms with Crippen molar-refractivity contribution in [1.29, 1.82) is 0 Å². The third-order valence-corrected chi connectivity index (χ3v) is 3.12. The molecule has 0 radical (unpaired) electrons. The molecule has 19 heavy (non-hydrogen) atoms. The van der Waals surface area contributed by atoms with E-state index < -0.39 is 11.7 Å². The number of halogens is 4. The summed E-state index contributed by atoms with van der Waals surface area (Å²) in [6.45, 7) is 1.04. The van der Waals surface area contributed by atoms with Crippen LogP contribution in [0.4, 0.5) is 13.2 Å². The monoisotopic (exact) mass is 381 g/mol. The lowest BCUT2D eigenvalue weighted by atomic mass is 10.1. The van der Waals surface area contributed by atoms with Crippen LogP contribution in [-0.2, 0) is 19.3 Å². The number of furan rings is 1. The number of alkyl halides is 3. The van der Waals surface area contributed by atoms with Gasteiger partial charge in [0.2, 0.25) is 0 Å². The van der Waals surface area contributed by atoms with Crippen LogP contribution in [0.1, 0.15) is 16.9 Å². The molecule has 2 rings (SSSR count). The quantitative estimate of drug-likeness (QED) is 0.804. The molecule has 1 heterocycles. The molecule has 0 saturated heterocycles. The van der Waals surface area contributed by atoms with Crippen LogP contribution in [-0.4, -0.2) is 0 Å². The van der Waals surface area contributed by atoms with Gasteiger partial charge >= 0.3 is 6.18 Å². The summed E-state index contributed by atoms with van der Waals surface area (Å²) in [6.07, 6.45) is -4.28. The molecule has 0 saturated carbocycles. The summed E-state index contributed by atoms with van der Waals surface area (Å²) in [6, 6.07) is 8.85. The zero-order valence-electron chi connectivity index (χ0n) is 9.80. The summed E-state index contributed by atoms with van der Waals surface area (Å²) >= 11 is 2.07. The molecule has 0 bridgehead atoms. The molecule has 0 unspecified atom stereocenters. The van der Waals surface area contributed by atoms with Crippen LogP contribution in [0, 0.1) is 3.77 Å². The average molecular weight is 381 g/mol. The van der Waals surface area contributed by atoms with Crippen molar-refractivity contribution >= 4 is 22.6 Å². The van der Waals surface area contributed by atoms with E-state index in [1.165, 1.54) is 12.1 Å². The maximum absolute atomic E-state index is 12.4. The maximum Gasteiger partial charge on any atom is 0.416 e. The molecule has 6 heteroatoms. The molecule has 0 aliphatic heterocycles. The highest BCUT2D eigenvalue weighted by Gasteiger charge is 2.29. The molecule has 0 aliphatic carbocycles. The fourth-order valence-electron chi connectivity index (χ4n) is 1.59. The topological polar surface area (TPSA) is 25.2 Å². The van der Waals surface area contributed by atoms with Crippen molar-refractivity contribution in [3.8, 4) is 0 Å². The second kappa shape index (κ2) is 5.96. The van der Waals surface area contributed by atoms with E-state index in [4.69, 9.17) is 4.42 Å². The minimum atomic E-state index is -4.28. The van der Waals surface area contributed by atoms with E-state index in [-0.39, 0.29) is 0 Å². The molecule has 0 fully saturated rings. The van der Waals surface area contributed by atoms with Gasteiger partial charge in [0.25, 0.3) is 0 Å². The van der Waals surface area contributed by atoms with Gasteiger partial charge in [-0.15, -0.1) is 0 Å². The first-order chi connectivity index (χ1) is 8.95. The van der Waals surface area contributed by atoms with E-state index >= 15 is 0 Å². The number of benzene rings is 1. The Kier molecular flexibility index (Phi) is 4.51. The molecule has 2 aromatic rings. The standard InChI is InChI=1S/C13H11F3INO/c14-13(15,16)10-3-1-9(2-4-10)7-18-8-11-5-6-12(17)19-11/h1-6,18H,7-8H2. The minimum absolute atomic E-state index is 0.495. The summed E-state index contributed by atoms with van der Waals surface area (Å²) in [7, 11) is 0. The van der Waals surface area contributed by atoms with Gasteiger partial charge in [-0.25, -0.2) is 0 Å². The second-order valence-corrected chi connectivity index (χ2v) is 5.07. The smallest absolute Gasteiger partial charge is 0.416 e. The minimum Gasteiger partial charge on any atom is -0.454 e. The van der Waals surface area contributed by atoms with Gasteiger partial charge in [-0.1, -0.05) is 12.1 Å². The highest BCUT2D eigenvalue weighted by Crippen LogP contribution is 2.29. The Bertz CT molecular complexity index is 534. The zero-order chi connectivity index (χ0) is 13.9. The molecule has 0 amide bonds. The van der Waals surface area contributed by atoms with Crippen LogP contribution in [0.15, 0.2) is 40.8 Å². The first kappa shape index (κ1) is 14.4. The van der Waals surface area contributed by atoms with Crippen LogP contribution >= 0.6 is 22.6 Å². The first-order valence-electron chi connectivity index (χ1n) is 5.56. The summed E-state index contributed by atoms with van der Waals surface area (Å²) in [5.74, 6) is 0.802. The Labute approximate surface area is 122 Å².